The van der Waals surface area contributed by atoms with Crippen LogP contribution < -0.4 is 0 Å². The topological polar surface area (TPSA) is 33.4 Å². The highest BCUT2D eigenvalue weighted by Crippen LogP contribution is 2.35. The van der Waals surface area contributed by atoms with Gasteiger partial charge in [-0.25, -0.2) is 8.78 Å². The highest BCUT2D eigenvalue weighted by atomic mass is 19.2. The molecule has 1 atom stereocenters. The maximum atomic E-state index is 13.9. The molecule has 0 aliphatic rings. The van der Waals surface area contributed by atoms with Crippen molar-refractivity contribution in [1.29, 1.82) is 0 Å². The monoisotopic (exact) mass is 288 g/mol. The van der Waals surface area contributed by atoms with Crippen molar-refractivity contribution < 1.29 is 18.3 Å². The average molecular weight is 288 g/mol. The van der Waals surface area contributed by atoms with E-state index in [9.17, 15) is 13.9 Å². The molecule has 0 saturated carbocycles. The van der Waals surface area contributed by atoms with Crippen LogP contribution in [0.5, 0.6) is 0 Å². The van der Waals surface area contributed by atoms with E-state index in [1.54, 1.807) is 12.1 Å². The van der Waals surface area contributed by atoms with E-state index in [2.05, 4.69) is 0 Å². The smallest absolute Gasteiger partial charge is 0.165 e. The van der Waals surface area contributed by atoms with E-state index in [-0.39, 0.29) is 11.3 Å². The van der Waals surface area contributed by atoms with Crippen molar-refractivity contribution >= 4 is 11.0 Å². The van der Waals surface area contributed by atoms with Crippen LogP contribution in [0.2, 0.25) is 0 Å². The van der Waals surface area contributed by atoms with Crippen molar-refractivity contribution in [3.8, 4) is 0 Å². The van der Waals surface area contributed by atoms with Crippen molar-refractivity contribution in [1.82, 2.24) is 0 Å². The Hall–Kier alpha value is -2.20. The van der Waals surface area contributed by atoms with Crippen LogP contribution in [0, 0.1) is 18.6 Å². The van der Waals surface area contributed by atoms with Crippen LogP contribution in [0.1, 0.15) is 23.8 Å². The SMILES string of the molecule is Cc1ccc2oc(C(C)(O)c3cccc(F)c3F)cc2c1. The lowest BCUT2D eigenvalue weighted by molar-refractivity contribution is 0.0740. The van der Waals surface area contributed by atoms with Gasteiger partial charge in [-0.3, -0.25) is 0 Å². The molecule has 0 aliphatic heterocycles. The van der Waals surface area contributed by atoms with Crippen LogP contribution in [-0.4, -0.2) is 5.11 Å². The molecule has 3 rings (SSSR count). The molecule has 4 heteroatoms. The van der Waals surface area contributed by atoms with Gasteiger partial charge in [0.2, 0.25) is 0 Å². The summed E-state index contributed by atoms with van der Waals surface area (Å²) in [6.45, 7) is 3.33. The number of halogens is 2. The summed E-state index contributed by atoms with van der Waals surface area (Å²) in [7, 11) is 0. The van der Waals surface area contributed by atoms with Crippen LogP contribution in [0.4, 0.5) is 8.78 Å². The summed E-state index contributed by atoms with van der Waals surface area (Å²) in [5, 5.41) is 11.4. The van der Waals surface area contributed by atoms with Crippen molar-refractivity contribution in [2.24, 2.45) is 0 Å². The number of hydrogen-bond donors (Lipinski definition) is 1. The molecule has 0 aliphatic carbocycles. The van der Waals surface area contributed by atoms with Gasteiger partial charge in [0, 0.05) is 10.9 Å². The first-order valence-corrected chi connectivity index (χ1v) is 6.57. The maximum Gasteiger partial charge on any atom is 0.165 e. The highest BCUT2D eigenvalue weighted by molar-refractivity contribution is 5.79. The Kier molecular flexibility index (Phi) is 3.06. The summed E-state index contributed by atoms with van der Waals surface area (Å²) in [4.78, 5) is 0. The quantitative estimate of drug-likeness (QED) is 0.763. The Morgan fingerprint density at radius 2 is 1.86 bits per heavy atom. The summed E-state index contributed by atoms with van der Waals surface area (Å²) in [5.74, 6) is -1.90. The minimum Gasteiger partial charge on any atom is -0.458 e. The molecular weight excluding hydrogens is 274 g/mol. The Morgan fingerprint density at radius 3 is 2.62 bits per heavy atom. The second-order valence-corrected chi connectivity index (χ2v) is 5.33. The number of hydrogen-bond acceptors (Lipinski definition) is 2. The van der Waals surface area contributed by atoms with Gasteiger partial charge in [0.15, 0.2) is 11.6 Å². The van der Waals surface area contributed by atoms with Gasteiger partial charge < -0.3 is 9.52 Å². The summed E-state index contributed by atoms with van der Waals surface area (Å²) in [6, 6.07) is 10.9. The molecule has 1 heterocycles. The van der Waals surface area contributed by atoms with Gasteiger partial charge in [0.1, 0.15) is 16.9 Å². The van der Waals surface area contributed by atoms with Gasteiger partial charge >= 0.3 is 0 Å². The third-order valence-electron chi connectivity index (χ3n) is 3.63. The Bertz CT molecular complexity index is 819. The molecule has 1 aromatic heterocycles. The van der Waals surface area contributed by atoms with E-state index in [0.717, 1.165) is 17.0 Å². The van der Waals surface area contributed by atoms with E-state index >= 15 is 0 Å². The van der Waals surface area contributed by atoms with Crippen molar-refractivity contribution in [3.05, 3.63) is 71.0 Å². The summed E-state index contributed by atoms with van der Waals surface area (Å²) < 4.78 is 32.9. The number of rotatable bonds is 2. The first-order valence-electron chi connectivity index (χ1n) is 6.57. The first kappa shape index (κ1) is 13.8. The molecule has 0 spiro atoms. The van der Waals surface area contributed by atoms with Gasteiger partial charge in [0.25, 0.3) is 0 Å². The van der Waals surface area contributed by atoms with Gasteiger partial charge in [-0.05, 0) is 38.1 Å². The second kappa shape index (κ2) is 4.67. The molecule has 0 radical (unpaired) electrons. The minimum atomic E-state index is -1.75. The highest BCUT2D eigenvalue weighted by Gasteiger charge is 2.33. The van der Waals surface area contributed by atoms with Crippen LogP contribution in [-0.2, 0) is 5.60 Å². The average Bonchev–Trinajstić information content (AvgIpc) is 2.85. The Labute approximate surface area is 120 Å². The molecule has 0 saturated heterocycles. The third-order valence-corrected chi connectivity index (χ3v) is 3.63. The van der Waals surface area contributed by atoms with Crippen molar-refractivity contribution in [3.63, 3.8) is 0 Å². The van der Waals surface area contributed by atoms with Crippen molar-refractivity contribution in [2.75, 3.05) is 0 Å². The molecule has 2 aromatic carbocycles. The standard InChI is InChI=1S/C17H14F2O2/c1-10-6-7-14-11(8-10)9-15(21-14)17(2,20)12-4-3-5-13(18)16(12)19/h3-9,20H,1-2H3. The van der Waals surface area contributed by atoms with E-state index in [1.165, 1.54) is 19.1 Å². The molecule has 0 bridgehead atoms. The maximum absolute atomic E-state index is 13.9. The third kappa shape index (κ3) is 2.21. The van der Waals surface area contributed by atoms with Crippen LogP contribution in [0.3, 0.4) is 0 Å². The normalized spacial score (nSPS) is 14.3. The first-order chi connectivity index (χ1) is 9.89. The fourth-order valence-corrected chi connectivity index (χ4v) is 2.42. The van der Waals surface area contributed by atoms with E-state index < -0.39 is 17.2 Å². The molecule has 3 aromatic rings. The van der Waals surface area contributed by atoms with Gasteiger partial charge in [-0.2, -0.15) is 0 Å². The predicted molar refractivity (Wildman–Crippen MR) is 76.0 cm³/mol. The lowest BCUT2D eigenvalue weighted by Crippen LogP contribution is -2.24. The molecule has 0 amide bonds. The number of aliphatic hydroxyl groups is 1. The Morgan fingerprint density at radius 1 is 1.10 bits per heavy atom. The number of fused-ring (bicyclic) bond motifs is 1. The van der Waals surface area contributed by atoms with Gasteiger partial charge in [0.05, 0.1) is 0 Å². The second-order valence-electron chi connectivity index (χ2n) is 5.33. The minimum absolute atomic E-state index is 0.154. The van der Waals surface area contributed by atoms with Crippen LogP contribution in [0.15, 0.2) is 46.9 Å². The molecule has 1 N–H and O–H groups in total. The van der Waals surface area contributed by atoms with Crippen LogP contribution >= 0.6 is 0 Å². The predicted octanol–water partition coefficient (Wildman–Crippen LogP) is 4.28. The molecule has 21 heavy (non-hydrogen) atoms. The van der Waals surface area contributed by atoms with E-state index in [0.29, 0.717) is 5.58 Å². The molecule has 1 unspecified atom stereocenters. The molecular formula is C17H14F2O2. The van der Waals surface area contributed by atoms with Gasteiger partial charge in [-0.1, -0.05) is 23.8 Å². The fraction of sp³-hybridized carbons (Fsp3) is 0.176. The van der Waals surface area contributed by atoms with E-state index in [1.807, 2.05) is 19.1 Å². The van der Waals surface area contributed by atoms with Crippen LogP contribution in [0.25, 0.3) is 11.0 Å². The zero-order chi connectivity index (χ0) is 15.2. The lowest BCUT2D eigenvalue weighted by atomic mass is 9.92. The largest absolute Gasteiger partial charge is 0.458 e. The zero-order valence-corrected chi connectivity index (χ0v) is 11.7. The Balaban J connectivity index is 2.17. The molecule has 2 nitrogen and oxygen atoms in total. The summed E-state index contributed by atoms with van der Waals surface area (Å²) in [5.41, 5.74) is -0.267. The number of aryl methyl sites for hydroxylation is 1. The zero-order valence-electron chi connectivity index (χ0n) is 11.7. The summed E-state index contributed by atoms with van der Waals surface area (Å²) >= 11 is 0. The summed E-state index contributed by atoms with van der Waals surface area (Å²) in [6.07, 6.45) is 0. The number of benzene rings is 2. The lowest BCUT2D eigenvalue weighted by Gasteiger charge is -2.21. The van der Waals surface area contributed by atoms with Crippen molar-refractivity contribution in [2.45, 2.75) is 19.4 Å². The fourth-order valence-electron chi connectivity index (χ4n) is 2.42. The van der Waals surface area contributed by atoms with Gasteiger partial charge in [-0.15, -0.1) is 0 Å². The molecule has 108 valence electrons. The van der Waals surface area contributed by atoms with E-state index in [4.69, 9.17) is 4.42 Å². The number of furan rings is 1. The molecule has 0 fully saturated rings.